The van der Waals surface area contributed by atoms with Gasteiger partial charge in [-0.2, -0.15) is 4.98 Å². The first-order valence-electron chi connectivity index (χ1n) is 10.3. The van der Waals surface area contributed by atoms with E-state index < -0.39 is 12.6 Å². The Morgan fingerprint density at radius 2 is 1.76 bits per heavy atom. The Morgan fingerprint density at radius 3 is 2.44 bits per heavy atom. The number of aromatic nitrogens is 2. The molecule has 2 heterocycles. The molecule has 0 fully saturated rings. The van der Waals surface area contributed by atoms with Crippen molar-refractivity contribution in [1.82, 2.24) is 9.55 Å². The second-order valence-corrected chi connectivity index (χ2v) is 7.63. The van der Waals surface area contributed by atoms with Gasteiger partial charge in [-0.1, -0.05) is 6.07 Å². The summed E-state index contributed by atoms with van der Waals surface area (Å²) in [5.41, 5.74) is 2.78. The van der Waals surface area contributed by atoms with E-state index in [1.807, 2.05) is 11.5 Å². The van der Waals surface area contributed by atoms with E-state index in [0.29, 0.717) is 39.3 Å². The van der Waals surface area contributed by atoms with Gasteiger partial charge >= 0.3 is 5.97 Å². The normalized spacial score (nSPS) is 10.9. The minimum Gasteiger partial charge on any atom is -0.508 e. The predicted molar refractivity (Wildman–Crippen MR) is 123 cm³/mol. The summed E-state index contributed by atoms with van der Waals surface area (Å²) in [4.78, 5) is 28.8. The number of aliphatic carboxylic acids is 1. The number of benzene rings is 2. The van der Waals surface area contributed by atoms with Crippen LogP contribution in [0.5, 0.6) is 23.1 Å². The van der Waals surface area contributed by atoms with E-state index in [1.54, 1.807) is 36.4 Å². The summed E-state index contributed by atoms with van der Waals surface area (Å²) in [6.07, 6.45) is 0. The smallest absolute Gasteiger partial charge is 0.341 e. The third-order valence-corrected chi connectivity index (χ3v) is 5.42. The average Bonchev–Trinajstić information content (AvgIpc) is 3.09. The number of ether oxygens (including phenoxy) is 2. The van der Waals surface area contributed by atoms with Crippen LogP contribution < -0.4 is 9.47 Å². The number of phenolic OH excluding ortho intramolecular Hbond substituents is 2. The highest BCUT2D eigenvalue weighted by Gasteiger charge is 2.23. The minimum atomic E-state index is -1.16. The number of fused-ring (bicyclic) bond motifs is 1. The van der Waals surface area contributed by atoms with Crippen molar-refractivity contribution in [3.8, 4) is 23.1 Å². The number of phenols is 2. The van der Waals surface area contributed by atoms with E-state index in [4.69, 9.17) is 14.6 Å². The summed E-state index contributed by atoms with van der Waals surface area (Å²) in [5, 5.41) is 29.1. The largest absolute Gasteiger partial charge is 0.508 e. The molecule has 0 saturated heterocycles. The van der Waals surface area contributed by atoms with Crippen LogP contribution >= 0.6 is 0 Å². The van der Waals surface area contributed by atoms with Crippen LogP contribution in [0.4, 0.5) is 0 Å². The van der Waals surface area contributed by atoms with Gasteiger partial charge in [0.15, 0.2) is 23.9 Å². The fourth-order valence-electron chi connectivity index (χ4n) is 3.77. The molecule has 2 aromatic heterocycles. The topological polar surface area (TPSA) is 131 Å². The maximum absolute atomic E-state index is 13.4. The predicted octanol–water partition coefficient (Wildman–Crippen LogP) is 3.51. The molecule has 4 aromatic rings. The molecule has 0 bridgehead atoms. The standard InChI is InChI=1S/C25H22N2O7/c1-14-23(24(32)16-4-6-17(28)7-5-16)18-8-10-21(33-2)26-25(18)27(14)12-15-3-9-19(29)20(11-15)34-13-22(30)31/h3-11,28-29H,12-13H2,1-2H3,(H,30,31). The van der Waals surface area contributed by atoms with Crippen molar-refractivity contribution in [1.29, 1.82) is 0 Å². The van der Waals surface area contributed by atoms with Crippen molar-refractivity contribution in [2.75, 3.05) is 13.7 Å². The van der Waals surface area contributed by atoms with Crippen LogP contribution in [-0.4, -0.2) is 50.3 Å². The number of methoxy groups -OCH3 is 1. The number of carbonyl (C=O) groups excluding carboxylic acids is 1. The molecule has 174 valence electrons. The first-order chi connectivity index (χ1) is 16.3. The van der Waals surface area contributed by atoms with Crippen molar-refractivity contribution in [2.24, 2.45) is 0 Å². The minimum absolute atomic E-state index is 0.0416. The molecule has 9 nitrogen and oxygen atoms in total. The molecule has 0 radical (unpaired) electrons. The van der Waals surface area contributed by atoms with Gasteiger partial charge in [-0.3, -0.25) is 4.79 Å². The van der Waals surface area contributed by atoms with Gasteiger partial charge in [0.2, 0.25) is 5.88 Å². The molecule has 4 rings (SSSR count). The lowest BCUT2D eigenvalue weighted by molar-refractivity contribution is -0.139. The molecule has 0 aliphatic carbocycles. The zero-order chi connectivity index (χ0) is 24.4. The number of pyridine rings is 1. The number of nitrogens with zero attached hydrogens (tertiary/aromatic N) is 2. The van der Waals surface area contributed by atoms with Gasteiger partial charge in [-0.05, 0) is 55.0 Å². The van der Waals surface area contributed by atoms with E-state index in [9.17, 15) is 19.8 Å². The highest BCUT2D eigenvalue weighted by atomic mass is 16.5. The lowest BCUT2D eigenvalue weighted by atomic mass is 10.0. The zero-order valence-corrected chi connectivity index (χ0v) is 18.5. The number of ketones is 1. The van der Waals surface area contributed by atoms with Crippen molar-refractivity contribution >= 4 is 22.8 Å². The molecular weight excluding hydrogens is 440 g/mol. The molecule has 0 aliphatic rings. The summed E-state index contributed by atoms with van der Waals surface area (Å²) in [6, 6.07) is 14.1. The summed E-state index contributed by atoms with van der Waals surface area (Å²) in [6.45, 7) is 1.49. The molecule has 34 heavy (non-hydrogen) atoms. The maximum atomic E-state index is 13.4. The van der Waals surface area contributed by atoms with Crippen LogP contribution in [0.1, 0.15) is 27.2 Å². The molecule has 2 aromatic carbocycles. The average molecular weight is 462 g/mol. The Morgan fingerprint density at radius 1 is 1.03 bits per heavy atom. The summed E-state index contributed by atoms with van der Waals surface area (Å²) < 4.78 is 12.3. The van der Waals surface area contributed by atoms with Gasteiger partial charge in [0.25, 0.3) is 0 Å². The number of carbonyl (C=O) groups is 2. The summed E-state index contributed by atoms with van der Waals surface area (Å²) in [5.74, 6) is -1.07. The molecule has 9 heteroatoms. The Labute approximate surface area is 194 Å². The van der Waals surface area contributed by atoms with E-state index in [1.165, 1.54) is 25.3 Å². The molecule has 0 saturated carbocycles. The van der Waals surface area contributed by atoms with Gasteiger partial charge < -0.3 is 29.4 Å². The lowest BCUT2D eigenvalue weighted by Gasteiger charge is -2.12. The quantitative estimate of drug-likeness (QED) is 0.339. The summed E-state index contributed by atoms with van der Waals surface area (Å²) >= 11 is 0. The van der Waals surface area contributed by atoms with E-state index >= 15 is 0 Å². The number of carboxylic acid groups (broad SMARTS) is 1. The number of hydrogen-bond donors (Lipinski definition) is 3. The van der Waals surface area contributed by atoms with Crippen molar-refractivity contribution < 1.29 is 34.4 Å². The van der Waals surface area contributed by atoms with Gasteiger partial charge in [-0.15, -0.1) is 0 Å². The van der Waals surface area contributed by atoms with Crippen LogP contribution in [0.25, 0.3) is 11.0 Å². The van der Waals surface area contributed by atoms with Gasteiger partial charge in [0.05, 0.1) is 12.7 Å². The second-order valence-electron chi connectivity index (χ2n) is 7.63. The monoisotopic (exact) mass is 462 g/mol. The van der Waals surface area contributed by atoms with Crippen LogP contribution in [0.15, 0.2) is 54.6 Å². The number of carboxylic acids is 1. The van der Waals surface area contributed by atoms with Crippen LogP contribution in [0, 0.1) is 6.92 Å². The van der Waals surface area contributed by atoms with Gasteiger partial charge in [-0.25, -0.2) is 4.79 Å². The third-order valence-electron chi connectivity index (χ3n) is 5.42. The van der Waals surface area contributed by atoms with Crippen molar-refractivity contribution in [2.45, 2.75) is 13.5 Å². The third kappa shape index (κ3) is 4.36. The molecule has 0 unspecified atom stereocenters. The number of rotatable bonds is 8. The molecule has 0 amide bonds. The highest BCUT2D eigenvalue weighted by molar-refractivity contribution is 6.17. The van der Waals surface area contributed by atoms with Crippen LogP contribution in [0.2, 0.25) is 0 Å². The Balaban J connectivity index is 1.81. The molecule has 0 aliphatic heterocycles. The lowest BCUT2D eigenvalue weighted by Crippen LogP contribution is -2.10. The SMILES string of the molecule is COc1ccc2c(C(=O)c3ccc(O)cc3)c(C)n(Cc3ccc(O)c(OCC(=O)O)c3)c2n1. The molecule has 0 atom stereocenters. The van der Waals surface area contributed by atoms with Gasteiger partial charge in [0.1, 0.15) is 11.4 Å². The molecule has 3 N–H and O–H groups in total. The molecular formula is C25H22N2O7. The number of aromatic hydroxyl groups is 2. The van der Waals surface area contributed by atoms with E-state index in [0.717, 1.165) is 0 Å². The Kier molecular flexibility index (Phi) is 6.09. The maximum Gasteiger partial charge on any atom is 0.341 e. The zero-order valence-electron chi connectivity index (χ0n) is 18.5. The second kappa shape index (κ2) is 9.14. The highest BCUT2D eigenvalue weighted by Crippen LogP contribution is 2.32. The first kappa shape index (κ1) is 22.7. The van der Waals surface area contributed by atoms with E-state index in [-0.39, 0.29) is 29.6 Å². The Hall–Kier alpha value is -4.53. The van der Waals surface area contributed by atoms with Gasteiger partial charge in [0, 0.05) is 29.3 Å². The van der Waals surface area contributed by atoms with Crippen LogP contribution in [0.3, 0.4) is 0 Å². The Bertz CT molecular complexity index is 1390. The van der Waals surface area contributed by atoms with E-state index in [2.05, 4.69) is 4.98 Å². The fraction of sp³-hybridized carbons (Fsp3) is 0.160. The number of hydrogen-bond acceptors (Lipinski definition) is 7. The van der Waals surface area contributed by atoms with Crippen molar-refractivity contribution in [3.63, 3.8) is 0 Å². The van der Waals surface area contributed by atoms with Crippen LogP contribution in [-0.2, 0) is 11.3 Å². The van der Waals surface area contributed by atoms with Crippen molar-refractivity contribution in [3.05, 3.63) is 77.0 Å². The first-order valence-corrected chi connectivity index (χ1v) is 10.3. The summed E-state index contributed by atoms with van der Waals surface area (Å²) in [7, 11) is 1.50. The fourth-order valence-corrected chi connectivity index (χ4v) is 3.77. The molecule has 0 spiro atoms.